The zero-order valence-electron chi connectivity index (χ0n) is 11.9. The highest BCUT2D eigenvalue weighted by Crippen LogP contribution is 1.98. The molecule has 1 fully saturated rings. The van der Waals surface area contributed by atoms with Crippen LogP contribution in [-0.4, -0.2) is 80.7 Å². The van der Waals surface area contributed by atoms with Crippen molar-refractivity contribution in [1.82, 2.24) is 15.5 Å². The van der Waals surface area contributed by atoms with Gasteiger partial charge in [0.2, 0.25) is 0 Å². The molecule has 8 nitrogen and oxygen atoms in total. The summed E-state index contributed by atoms with van der Waals surface area (Å²) in [4.78, 5) is 24.8. The van der Waals surface area contributed by atoms with Crippen molar-refractivity contribution in [2.45, 2.75) is 19.0 Å². The van der Waals surface area contributed by atoms with E-state index >= 15 is 0 Å². The summed E-state index contributed by atoms with van der Waals surface area (Å²) in [6.07, 6.45) is 0. The van der Waals surface area contributed by atoms with Gasteiger partial charge in [-0.3, -0.25) is 4.90 Å². The molecule has 1 rings (SSSR count). The van der Waals surface area contributed by atoms with Gasteiger partial charge < -0.3 is 25.2 Å². The minimum absolute atomic E-state index is 0.0689. The summed E-state index contributed by atoms with van der Waals surface area (Å²) >= 11 is 0. The molecule has 0 aromatic heterocycles. The summed E-state index contributed by atoms with van der Waals surface area (Å²) in [5, 5.41) is 14.0. The quantitative estimate of drug-likeness (QED) is 0.562. The topological polar surface area (TPSA) is 100 Å². The molecule has 1 saturated heterocycles. The maximum absolute atomic E-state index is 11.7. The Bertz CT molecular complexity index is 320. The Hall–Kier alpha value is -1.38. The number of hydrogen-bond acceptors (Lipinski definition) is 5. The van der Waals surface area contributed by atoms with E-state index < -0.39 is 18.0 Å². The molecule has 1 heterocycles. The van der Waals surface area contributed by atoms with Gasteiger partial charge in [0.15, 0.2) is 6.04 Å². The second-order valence-corrected chi connectivity index (χ2v) is 4.78. The Morgan fingerprint density at radius 3 is 2.55 bits per heavy atom. The fourth-order valence-electron chi connectivity index (χ4n) is 1.98. The van der Waals surface area contributed by atoms with E-state index in [1.807, 2.05) is 6.92 Å². The maximum atomic E-state index is 11.7. The molecule has 2 amide bonds. The van der Waals surface area contributed by atoms with E-state index in [4.69, 9.17) is 14.6 Å². The summed E-state index contributed by atoms with van der Waals surface area (Å²) in [5.41, 5.74) is 0. The lowest BCUT2D eigenvalue weighted by atomic mass is 10.3. The fraction of sp³-hybridized carbons (Fsp3) is 0.833. The molecule has 116 valence electrons. The summed E-state index contributed by atoms with van der Waals surface area (Å²) in [6.45, 7) is 5.60. The Morgan fingerprint density at radius 1 is 1.35 bits per heavy atom. The highest BCUT2D eigenvalue weighted by Gasteiger charge is 2.21. The Morgan fingerprint density at radius 2 is 2.00 bits per heavy atom. The number of nitrogens with zero attached hydrogens (tertiary/aromatic N) is 1. The monoisotopic (exact) mass is 289 g/mol. The van der Waals surface area contributed by atoms with Crippen LogP contribution in [0.5, 0.6) is 0 Å². The third-order valence-corrected chi connectivity index (χ3v) is 2.95. The molecule has 0 aromatic rings. The van der Waals surface area contributed by atoms with Crippen LogP contribution in [-0.2, 0) is 14.3 Å². The second-order valence-electron chi connectivity index (χ2n) is 4.78. The summed E-state index contributed by atoms with van der Waals surface area (Å²) < 4.78 is 9.99. The van der Waals surface area contributed by atoms with Crippen molar-refractivity contribution in [2.75, 3.05) is 46.6 Å². The van der Waals surface area contributed by atoms with Crippen LogP contribution in [0.25, 0.3) is 0 Å². The van der Waals surface area contributed by atoms with Crippen LogP contribution < -0.4 is 10.6 Å². The average molecular weight is 289 g/mol. The van der Waals surface area contributed by atoms with Gasteiger partial charge in [0, 0.05) is 32.8 Å². The average Bonchev–Trinajstić information content (AvgIpc) is 2.38. The molecule has 1 aliphatic heterocycles. The van der Waals surface area contributed by atoms with Crippen LogP contribution in [0.1, 0.15) is 6.92 Å². The number of urea groups is 1. The number of nitrogens with one attached hydrogen (secondary N) is 2. The molecule has 0 radical (unpaired) electrons. The minimum Gasteiger partial charge on any atom is -0.480 e. The van der Waals surface area contributed by atoms with Crippen LogP contribution >= 0.6 is 0 Å². The molecule has 20 heavy (non-hydrogen) atoms. The van der Waals surface area contributed by atoms with Gasteiger partial charge in [0.1, 0.15) is 0 Å². The predicted molar refractivity (Wildman–Crippen MR) is 71.7 cm³/mol. The molecule has 3 N–H and O–H groups in total. The van der Waals surface area contributed by atoms with E-state index in [0.29, 0.717) is 19.8 Å². The first-order chi connectivity index (χ1) is 9.52. The lowest BCUT2D eigenvalue weighted by Gasteiger charge is -2.29. The van der Waals surface area contributed by atoms with Crippen molar-refractivity contribution in [3.63, 3.8) is 0 Å². The number of morpholine rings is 1. The van der Waals surface area contributed by atoms with Crippen LogP contribution in [0.15, 0.2) is 0 Å². The standard InChI is InChI=1S/C12H23N3O5/c1-9(7-15-3-5-20-6-4-15)13-12(18)14-10(8-19-2)11(16)17/h9-10H,3-8H2,1-2H3,(H,16,17)(H2,13,14,18). The van der Waals surface area contributed by atoms with Crippen molar-refractivity contribution < 1.29 is 24.2 Å². The molecule has 8 heteroatoms. The van der Waals surface area contributed by atoms with Crippen molar-refractivity contribution in [3.05, 3.63) is 0 Å². The first kappa shape index (κ1) is 16.7. The second kappa shape index (κ2) is 8.72. The highest BCUT2D eigenvalue weighted by atomic mass is 16.5. The van der Waals surface area contributed by atoms with Gasteiger partial charge in [-0.1, -0.05) is 0 Å². The third kappa shape index (κ3) is 6.18. The minimum atomic E-state index is -1.12. The van der Waals surface area contributed by atoms with Gasteiger partial charge in [-0.05, 0) is 6.92 Å². The molecule has 2 unspecified atom stereocenters. The van der Waals surface area contributed by atoms with Crippen LogP contribution in [0.3, 0.4) is 0 Å². The van der Waals surface area contributed by atoms with E-state index in [-0.39, 0.29) is 12.6 Å². The smallest absolute Gasteiger partial charge is 0.328 e. The predicted octanol–water partition coefficient (Wildman–Crippen LogP) is -0.894. The van der Waals surface area contributed by atoms with Crippen molar-refractivity contribution in [3.8, 4) is 0 Å². The van der Waals surface area contributed by atoms with Crippen LogP contribution in [0, 0.1) is 0 Å². The fourth-order valence-corrected chi connectivity index (χ4v) is 1.98. The molecule has 1 aliphatic rings. The molecule has 0 saturated carbocycles. The number of rotatable bonds is 7. The first-order valence-corrected chi connectivity index (χ1v) is 6.61. The lowest BCUT2D eigenvalue weighted by molar-refractivity contribution is -0.140. The van der Waals surface area contributed by atoms with Gasteiger partial charge in [-0.25, -0.2) is 9.59 Å². The molecule has 0 aromatic carbocycles. The van der Waals surface area contributed by atoms with Gasteiger partial charge in [0.25, 0.3) is 0 Å². The van der Waals surface area contributed by atoms with E-state index in [2.05, 4.69) is 15.5 Å². The zero-order valence-corrected chi connectivity index (χ0v) is 11.9. The number of aliphatic carboxylic acids is 1. The van der Waals surface area contributed by atoms with Gasteiger partial charge >= 0.3 is 12.0 Å². The highest BCUT2D eigenvalue weighted by molar-refractivity contribution is 5.82. The largest absolute Gasteiger partial charge is 0.480 e. The zero-order chi connectivity index (χ0) is 15.0. The number of carboxylic acid groups (broad SMARTS) is 1. The number of hydrogen-bond donors (Lipinski definition) is 3. The Balaban J connectivity index is 2.30. The van der Waals surface area contributed by atoms with Crippen molar-refractivity contribution >= 4 is 12.0 Å². The first-order valence-electron chi connectivity index (χ1n) is 6.61. The number of carboxylic acids is 1. The SMILES string of the molecule is COCC(NC(=O)NC(C)CN1CCOCC1)C(=O)O. The van der Waals surface area contributed by atoms with Crippen molar-refractivity contribution in [1.29, 1.82) is 0 Å². The number of methoxy groups -OCH3 is 1. The van der Waals surface area contributed by atoms with Gasteiger partial charge in [-0.15, -0.1) is 0 Å². The number of carbonyl (C=O) groups excluding carboxylic acids is 1. The van der Waals surface area contributed by atoms with Gasteiger partial charge in [-0.2, -0.15) is 0 Å². The molecule has 0 aliphatic carbocycles. The number of ether oxygens (including phenoxy) is 2. The summed E-state index contributed by atoms with van der Waals surface area (Å²) in [6, 6.07) is -1.63. The third-order valence-electron chi connectivity index (χ3n) is 2.95. The lowest BCUT2D eigenvalue weighted by Crippen LogP contribution is -2.53. The molecule has 0 bridgehead atoms. The van der Waals surface area contributed by atoms with Crippen molar-refractivity contribution in [2.24, 2.45) is 0 Å². The van der Waals surface area contributed by atoms with Crippen LogP contribution in [0.4, 0.5) is 4.79 Å². The maximum Gasteiger partial charge on any atom is 0.328 e. The Labute approximate surface area is 118 Å². The number of amides is 2. The molecule has 0 spiro atoms. The van der Waals surface area contributed by atoms with E-state index in [1.165, 1.54) is 7.11 Å². The van der Waals surface area contributed by atoms with Crippen LogP contribution in [0.2, 0.25) is 0 Å². The van der Waals surface area contributed by atoms with E-state index in [1.54, 1.807) is 0 Å². The Kier molecular flexibility index (Phi) is 7.27. The van der Waals surface area contributed by atoms with Gasteiger partial charge in [0.05, 0.1) is 19.8 Å². The summed E-state index contributed by atoms with van der Waals surface area (Å²) in [7, 11) is 1.39. The molecular formula is C12H23N3O5. The number of carbonyl (C=O) groups is 2. The van der Waals surface area contributed by atoms with E-state index in [9.17, 15) is 9.59 Å². The van der Waals surface area contributed by atoms with E-state index in [0.717, 1.165) is 13.1 Å². The summed E-state index contributed by atoms with van der Waals surface area (Å²) in [5.74, 6) is -1.12. The molecule has 2 atom stereocenters. The molecular weight excluding hydrogens is 266 g/mol. The normalized spacial score (nSPS) is 19.1.